The van der Waals surface area contributed by atoms with Gasteiger partial charge >= 0.3 is 6.18 Å². The minimum absolute atomic E-state index is 0.00415. The van der Waals surface area contributed by atoms with E-state index < -0.39 is 29.1 Å². The third kappa shape index (κ3) is 6.41. The molecule has 0 bridgehead atoms. The number of aromatic nitrogens is 3. The number of hydrogen-bond acceptors (Lipinski definition) is 5. The Balaban J connectivity index is 1.55. The second-order valence-corrected chi connectivity index (χ2v) is 11.3. The van der Waals surface area contributed by atoms with Crippen molar-refractivity contribution in [1.82, 2.24) is 19.3 Å². The average molecular weight is 655 g/mol. The molecular weight excluding hydrogens is 625 g/mol. The number of carbonyl (C=O) groups excluding carboxylic acids is 3. The Bertz CT molecular complexity index is 1980. The predicted molar refractivity (Wildman–Crippen MR) is 168 cm³/mol. The van der Waals surface area contributed by atoms with Crippen LogP contribution in [-0.4, -0.2) is 37.7 Å². The lowest BCUT2D eigenvalue weighted by atomic mass is 9.99. The van der Waals surface area contributed by atoms with Gasteiger partial charge in [-0.05, 0) is 69.5 Å². The molecule has 240 valence electrons. The van der Waals surface area contributed by atoms with Crippen molar-refractivity contribution in [2.45, 2.75) is 58.8 Å². The Morgan fingerprint density at radius 2 is 1.78 bits per heavy atom. The molecule has 0 spiro atoms. The molecule has 0 saturated heterocycles. The van der Waals surface area contributed by atoms with E-state index in [2.05, 4.69) is 22.5 Å². The summed E-state index contributed by atoms with van der Waals surface area (Å²) >= 11 is 6.02. The van der Waals surface area contributed by atoms with Gasteiger partial charge in [0.2, 0.25) is 17.6 Å². The average Bonchev–Trinajstić information content (AvgIpc) is 3.79. The van der Waals surface area contributed by atoms with Gasteiger partial charge in [-0.15, -0.1) is 0 Å². The summed E-state index contributed by atoms with van der Waals surface area (Å²) in [4.78, 5) is 57.2. The van der Waals surface area contributed by atoms with E-state index in [1.165, 1.54) is 15.0 Å². The number of rotatable bonds is 9. The van der Waals surface area contributed by atoms with Crippen LogP contribution < -0.4 is 21.5 Å². The van der Waals surface area contributed by atoms with Gasteiger partial charge in [0.15, 0.2) is 0 Å². The number of amides is 3. The van der Waals surface area contributed by atoms with Crippen molar-refractivity contribution in [3.05, 3.63) is 92.6 Å². The largest absolute Gasteiger partial charge is 0.416 e. The number of aryl methyl sites for hydroxylation is 2. The van der Waals surface area contributed by atoms with E-state index in [9.17, 15) is 32.3 Å². The van der Waals surface area contributed by atoms with Crippen LogP contribution in [0.15, 0.2) is 53.8 Å². The molecule has 0 radical (unpaired) electrons. The highest BCUT2D eigenvalue weighted by Crippen LogP contribution is 2.34. The monoisotopic (exact) mass is 654 g/mol. The molecule has 2 aromatic heterocycles. The molecular formula is C32H30ClF3N6O4. The van der Waals surface area contributed by atoms with Crippen molar-refractivity contribution in [3.63, 3.8) is 0 Å². The smallest absolute Gasteiger partial charge is 0.349 e. The maximum absolute atomic E-state index is 14.2. The number of alkyl halides is 3. The standard InChI is InChI=1S/C32H30ClF3N6O4/c1-5-23-28(21-11-7-18(29(45)37-20-9-10-20)13-25(21)39-26(43)6-2)30(46)42-17(4)16(3)41(31(42)40-23)15-27(44)38-24-12-8-19(14-22(24)33)32(34,35)36/h6-8,11-14,20H,2,5,9-10,15H2,1,3-4H3,(H,37,45)(H,38,44)(H,39,43). The lowest BCUT2D eigenvalue weighted by Crippen LogP contribution is -2.26. The number of carbonyl (C=O) groups is 3. The van der Waals surface area contributed by atoms with Crippen LogP contribution in [0.1, 0.15) is 52.8 Å². The Hall–Kier alpha value is -4.91. The van der Waals surface area contributed by atoms with Crippen molar-refractivity contribution in [2.24, 2.45) is 0 Å². The fourth-order valence-electron chi connectivity index (χ4n) is 5.07. The Morgan fingerprint density at radius 1 is 1.07 bits per heavy atom. The number of nitrogens with zero attached hydrogens (tertiary/aromatic N) is 3. The first-order valence-electron chi connectivity index (χ1n) is 14.4. The molecule has 3 N–H and O–H groups in total. The van der Waals surface area contributed by atoms with Gasteiger partial charge in [-0.3, -0.25) is 19.2 Å². The highest BCUT2D eigenvalue weighted by atomic mass is 35.5. The fourth-order valence-corrected chi connectivity index (χ4v) is 5.30. The predicted octanol–water partition coefficient (Wildman–Crippen LogP) is 5.67. The number of benzene rings is 2. The van der Waals surface area contributed by atoms with Crippen LogP contribution in [0.5, 0.6) is 0 Å². The van der Waals surface area contributed by atoms with E-state index in [0.29, 0.717) is 34.6 Å². The van der Waals surface area contributed by atoms with Crippen molar-refractivity contribution in [1.29, 1.82) is 0 Å². The molecule has 5 rings (SSSR count). The van der Waals surface area contributed by atoms with Crippen LogP contribution >= 0.6 is 11.6 Å². The molecule has 10 nitrogen and oxygen atoms in total. The zero-order valence-corrected chi connectivity index (χ0v) is 25.9. The van der Waals surface area contributed by atoms with Crippen LogP contribution in [0.4, 0.5) is 24.5 Å². The molecule has 2 heterocycles. The van der Waals surface area contributed by atoms with E-state index in [1.54, 1.807) is 32.9 Å². The molecule has 2 aromatic carbocycles. The molecule has 0 aliphatic heterocycles. The Labute approximate surface area is 266 Å². The SMILES string of the molecule is C=CC(=O)Nc1cc(C(=O)NC2CC2)ccc1-c1c(CC)nc2n(CC(=O)Nc3ccc(C(F)(F)F)cc3Cl)c(C)c(C)n2c1=O. The Morgan fingerprint density at radius 3 is 2.39 bits per heavy atom. The molecule has 1 aliphatic carbocycles. The number of hydrogen-bond donors (Lipinski definition) is 3. The van der Waals surface area contributed by atoms with Gasteiger partial charge in [-0.25, -0.2) is 9.38 Å². The van der Waals surface area contributed by atoms with E-state index >= 15 is 0 Å². The normalized spacial score (nSPS) is 13.0. The lowest BCUT2D eigenvalue weighted by Gasteiger charge is -2.15. The molecule has 0 atom stereocenters. The first-order chi connectivity index (χ1) is 21.7. The first kappa shape index (κ1) is 32.5. The number of nitrogens with one attached hydrogen (secondary N) is 3. The van der Waals surface area contributed by atoms with E-state index in [4.69, 9.17) is 16.6 Å². The van der Waals surface area contributed by atoms with Crippen LogP contribution in [0.25, 0.3) is 16.9 Å². The van der Waals surface area contributed by atoms with E-state index in [1.807, 2.05) is 0 Å². The van der Waals surface area contributed by atoms with Gasteiger partial charge in [-0.2, -0.15) is 13.2 Å². The van der Waals surface area contributed by atoms with Crippen LogP contribution in [0.2, 0.25) is 5.02 Å². The Kier molecular flexibility index (Phi) is 8.81. The summed E-state index contributed by atoms with van der Waals surface area (Å²) in [6, 6.07) is 7.40. The molecule has 1 aliphatic rings. The van der Waals surface area contributed by atoms with Crippen molar-refractivity contribution in [3.8, 4) is 11.1 Å². The first-order valence-corrected chi connectivity index (χ1v) is 14.8. The maximum Gasteiger partial charge on any atom is 0.416 e. The van der Waals surface area contributed by atoms with Crippen LogP contribution in [0.3, 0.4) is 0 Å². The minimum Gasteiger partial charge on any atom is -0.349 e. The summed E-state index contributed by atoms with van der Waals surface area (Å²) in [7, 11) is 0. The number of halogens is 4. The fraction of sp³-hybridized carbons (Fsp3) is 0.281. The molecule has 1 saturated carbocycles. The molecule has 46 heavy (non-hydrogen) atoms. The van der Waals surface area contributed by atoms with Crippen molar-refractivity contribution >= 4 is 46.5 Å². The van der Waals surface area contributed by atoms with Crippen LogP contribution in [-0.2, 0) is 28.7 Å². The summed E-state index contributed by atoms with van der Waals surface area (Å²) in [5.74, 6) is -1.27. The summed E-state index contributed by atoms with van der Waals surface area (Å²) in [5.41, 5.74) is 1.08. The second-order valence-electron chi connectivity index (χ2n) is 10.9. The number of fused-ring (bicyclic) bond motifs is 1. The molecule has 3 amide bonds. The summed E-state index contributed by atoms with van der Waals surface area (Å²) < 4.78 is 42.0. The molecule has 0 unspecified atom stereocenters. The second kappa shape index (κ2) is 12.5. The quantitative estimate of drug-likeness (QED) is 0.201. The van der Waals surface area contributed by atoms with Gasteiger partial charge in [0, 0.05) is 34.2 Å². The van der Waals surface area contributed by atoms with Gasteiger partial charge < -0.3 is 20.5 Å². The van der Waals surface area contributed by atoms with Crippen molar-refractivity contribution < 1.29 is 27.6 Å². The van der Waals surface area contributed by atoms with E-state index in [-0.39, 0.29) is 46.2 Å². The number of anilines is 2. The zero-order chi connectivity index (χ0) is 33.5. The summed E-state index contributed by atoms with van der Waals surface area (Å²) in [6.45, 7) is 8.36. The maximum atomic E-state index is 14.2. The van der Waals surface area contributed by atoms with Gasteiger partial charge in [0.1, 0.15) is 6.54 Å². The van der Waals surface area contributed by atoms with Gasteiger partial charge in [0.05, 0.1) is 27.5 Å². The third-order valence-electron chi connectivity index (χ3n) is 7.76. The molecule has 14 heteroatoms. The van der Waals surface area contributed by atoms with Crippen LogP contribution in [0, 0.1) is 13.8 Å². The highest BCUT2D eigenvalue weighted by molar-refractivity contribution is 6.33. The topological polar surface area (TPSA) is 127 Å². The third-order valence-corrected chi connectivity index (χ3v) is 8.07. The molecule has 1 fully saturated rings. The summed E-state index contributed by atoms with van der Waals surface area (Å²) in [5, 5.41) is 7.85. The zero-order valence-electron chi connectivity index (χ0n) is 25.1. The number of imidazole rings is 1. The van der Waals surface area contributed by atoms with Crippen molar-refractivity contribution in [2.75, 3.05) is 10.6 Å². The van der Waals surface area contributed by atoms with E-state index in [0.717, 1.165) is 37.1 Å². The minimum atomic E-state index is -4.59. The van der Waals surface area contributed by atoms with Gasteiger partial charge in [0.25, 0.3) is 11.5 Å². The highest BCUT2D eigenvalue weighted by Gasteiger charge is 2.31. The molecule has 4 aromatic rings. The lowest BCUT2D eigenvalue weighted by molar-refractivity contribution is -0.137. The van der Waals surface area contributed by atoms with Gasteiger partial charge in [-0.1, -0.05) is 31.2 Å². The summed E-state index contributed by atoms with van der Waals surface area (Å²) in [6.07, 6.45) is -1.42.